The number of rotatable bonds is 4. The Morgan fingerprint density at radius 3 is 0.938 bits per heavy atom. The average Bonchev–Trinajstić information content (AvgIpc) is 2.55. The third-order valence-electron chi connectivity index (χ3n) is 5.73. The van der Waals surface area contributed by atoms with Crippen molar-refractivity contribution in [3.63, 3.8) is 0 Å². The number of carbonyl (C=O) groups excluding carboxylic acids is 3. The molecule has 2 saturated carbocycles. The third kappa shape index (κ3) is 1.70. The van der Waals surface area contributed by atoms with Crippen molar-refractivity contribution in [1.82, 2.24) is 0 Å². The summed E-state index contributed by atoms with van der Waals surface area (Å²) in [6.07, 6.45) is 0. The summed E-state index contributed by atoms with van der Waals surface area (Å²) < 4.78 is 227. The van der Waals surface area contributed by atoms with Crippen LogP contribution in [0.2, 0.25) is 0 Å². The highest BCUT2D eigenvalue weighted by atomic mass is 19.3. The molecule has 0 saturated heterocycles. The van der Waals surface area contributed by atoms with Crippen molar-refractivity contribution in [1.29, 1.82) is 0 Å². The Morgan fingerprint density at radius 2 is 0.750 bits per heavy atom. The standard InChI is InChI=1S/C13H2F16O3/c14-1-5(18)9(20,21)6(2(15)30)11(24,25)7(3(16)31,10(5,22)23)13(28,29)8(19,4(17)32)12(6,26)27/h1H2. The number of hydrogen-bond donors (Lipinski definition) is 0. The minimum Gasteiger partial charge on any atom is -0.260 e. The number of halogens is 16. The molecule has 0 aromatic rings. The van der Waals surface area contributed by atoms with Gasteiger partial charge in [0.25, 0.3) is 16.5 Å². The molecule has 0 amide bonds. The van der Waals surface area contributed by atoms with E-state index < -0.39 is 76.6 Å². The Labute approximate surface area is 162 Å². The predicted molar refractivity (Wildman–Crippen MR) is 61.6 cm³/mol. The molecule has 0 aromatic carbocycles. The number of fused-ring (bicyclic) bond motifs is 2. The molecular weight excluding hydrogens is 508 g/mol. The molecule has 2 fully saturated rings. The van der Waals surface area contributed by atoms with Crippen LogP contribution in [0.1, 0.15) is 0 Å². The van der Waals surface area contributed by atoms with Crippen LogP contribution in [0.25, 0.3) is 0 Å². The molecule has 0 heterocycles. The molecule has 32 heavy (non-hydrogen) atoms. The lowest BCUT2D eigenvalue weighted by molar-refractivity contribution is -0.519. The molecule has 2 atom stereocenters. The van der Waals surface area contributed by atoms with E-state index >= 15 is 0 Å². The highest BCUT2D eigenvalue weighted by Crippen LogP contribution is 2.85. The van der Waals surface area contributed by atoms with E-state index in [1.54, 1.807) is 0 Å². The largest absolute Gasteiger partial charge is 0.351 e. The molecular formula is C13H2F16O3. The molecule has 184 valence electrons. The molecule has 0 spiro atoms. The Hall–Kier alpha value is -2.11. The Balaban J connectivity index is 3.54. The van der Waals surface area contributed by atoms with Gasteiger partial charge in [0.05, 0.1) is 0 Å². The minimum atomic E-state index is -8.27. The Bertz CT molecular complexity index is 855. The maximum Gasteiger partial charge on any atom is 0.351 e. The van der Waals surface area contributed by atoms with Crippen LogP contribution >= 0.6 is 0 Å². The van der Waals surface area contributed by atoms with Crippen LogP contribution in [0, 0.1) is 10.8 Å². The normalized spacial score (nSPS) is 42.8. The maximum atomic E-state index is 14.7. The lowest BCUT2D eigenvalue weighted by Gasteiger charge is -2.67. The molecule has 2 aliphatic rings. The molecule has 0 radical (unpaired) electrons. The quantitative estimate of drug-likeness (QED) is 0.424. The highest BCUT2D eigenvalue weighted by molar-refractivity contribution is 5.95. The third-order valence-corrected chi connectivity index (χ3v) is 5.73. The molecule has 2 aliphatic carbocycles. The van der Waals surface area contributed by atoms with Gasteiger partial charge in [-0.1, -0.05) is 0 Å². The van der Waals surface area contributed by atoms with Gasteiger partial charge in [-0.15, -0.1) is 0 Å². The van der Waals surface area contributed by atoms with Gasteiger partial charge in [-0.3, -0.25) is 14.4 Å². The van der Waals surface area contributed by atoms with Crippen molar-refractivity contribution in [2.24, 2.45) is 10.8 Å². The van der Waals surface area contributed by atoms with Gasteiger partial charge in [0.1, 0.15) is 6.67 Å². The fourth-order valence-corrected chi connectivity index (χ4v) is 4.13. The van der Waals surface area contributed by atoms with Crippen LogP contribution in [0.4, 0.5) is 70.2 Å². The summed E-state index contributed by atoms with van der Waals surface area (Å²) in [6.45, 7) is -4.37. The van der Waals surface area contributed by atoms with E-state index in [-0.39, 0.29) is 0 Å². The van der Waals surface area contributed by atoms with Crippen LogP contribution < -0.4 is 0 Å². The summed E-state index contributed by atoms with van der Waals surface area (Å²) in [7, 11) is 0. The molecule has 0 N–H and O–H groups in total. The van der Waals surface area contributed by atoms with E-state index in [0.717, 1.165) is 0 Å². The summed E-state index contributed by atoms with van der Waals surface area (Å²) in [5.41, 5.74) is -31.3. The van der Waals surface area contributed by atoms with Crippen molar-refractivity contribution in [3.05, 3.63) is 0 Å². The molecule has 19 heteroatoms. The van der Waals surface area contributed by atoms with Gasteiger partial charge in [0.15, 0.2) is 0 Å². The van der Waals surface area contributed by atoms with Gasteiger partial charge in [-0.05, 0) is 0 Å². The van der Waals surface area contributed by atoms with E-state index in [4.69, 9.17) is 0 Å². The summed E-state index contributed by atoms with van der Waals surface area (Å²) >= 11 is 0. The molecule has 0 aromatic heterocycles. The zero-order chi connectivity index (χ0) is 25.9. The van der Waals surface area contributed by atoms with Crippen LogP contribution in [0.15, 0.2) is 0 Å². The molecule has 2 unspecified atom stereocenters. The monoisotopic (exact) mass is 510 g/mol. The van der Waals surface area contributed by atoms with Crippen molar-refractivity contribution in [3.8, 4) is 0 Å². The fraction of sp³-hybridized carbons (Fsp3) is 0.769. The van der Waals surface area contributed by atoms with Gasteiger partial charge >= 0.3 is 53.4 Å². The Kier molecular flexibility index (Phi) is 4.79. The summed E-state index contributed by atoms with van der Waals surface area (Å²) in [6, 6.07) is -15.8. The van der Waals surface area contributed by atoms with E-state index in [1.165, 1.54) is 0 Å². The van der Waals surface area contributed by atoms with Crippen LogP contribution in [0.3, 0.4) is 0 Å². The van der Waals surface area contributed by atoms with Gasteiger partial charge in [-0.25, -0.2) is 57.1 Å². The first-order valence-corrected chi connectivity index (χ1v) is 7.32. The summed E-state index contributed by atoms with van der Waals surface area (Å²) in [5, 5.41) is 0. The van der Waals surface area contributed by atoms with Crippen LogP contribution in [0.5, 0.6) is 0 Å². The number of alkyl halides is 13. The van der Waals surface area contributed by atoms with E-state index in [2.05, 4.69) is 0 Å². The molecule has 2 bridgehead atoms. The number of hydrogen-bond acceptors (Lipinski definition) is 3. The lowest BCUT2D eigenvalue weighted by atomic mass is 9.40. The van der Waals surface area contributed by atoms with E-state index in [9.17, 15) is 84.6 Å². The highest BCUT2D eigenvalue weighted by Gasteiger charge is 3.15. The van der Waals surface area contributed by atoms with Crippen molar-refractivity contribution < 1.29 is 84.6 Å². The molecule has 0 aliphatic heterocycles. The second kappa shape index (κ2) is 5.87. The van der Waals surface area contributed by atoms with E-state index in [0.29, 0.717) is 0 Å². The van der Waals surface area contributed by atoms with Crippen molar-refractivity contribution >= 4 is 18.1 Å². The van der Waals surface area contributed by atoms with Crippen LogP contribution in [-0.4, -0.2) is 65.7 Å². The van der Waals surface area contributed by atoms with E-state index in [1.807, 2.05) is 0 Å². The molecule has 2 rings (SSSR count). The SMILES string of the molecule is O=C(F)C1(F)C(F)(F)C2(C(=O)F)C(F)(F)C(F)(CF)C(F)(F)C(C(=O)F)(C1(F)F)C2(F)F. The smallest absolute Gasteiger partial charge is 0.260 e. The summed E-state index contributed by atoms with van der Waals surface area (Å²) in [5.74, 6) is -40.9. The maximum absolute atomic E-state index is 14.7. The summed E-state index contributed by atoms with van der Waals surface area (Å²) in [4.78, 5) is 32.5. The van der Waals surface area contributed by atoms with Gasteiger partial charge in [0.2, 0.25) is 0 Å². The zero-order valence-electron chi connectivity index (χ0n) is 14.0. The van der Waals surface area contributed by atoms with Crippen LogP contribution in [-0.2, 0) is 14.4 Å². The van der Waals surface area contributed by atoms with Crippen molar-refractivity contribution in [2.75, 3.05) is 6.67 Å². The van der Waals surface area contributed by atoms with Gasteiger partial charge < -0.3 is 0 Å². The Morgan fingerprint density at radius 1 is 0.469 bits per heavy atom. The fourth-order valence-electron chi connectivity index (χ4n) is 4.13. The molecule has 3 nitrogen and oxygen atoms in total. The van der Waals surface area contributed by atoms with Gasteiger partial charge in [0, 0.05) is 0 Å². The first kappa shape index (κ1) is 26.1. The second-order valence-corrected chi connectivity index (χ2v) is 6.79. The average molecular weight is 510 g/mol. The minimum absolute atomic E-state index is 4.37. The van der Waals surface area contributed by atoms with Crippen molar-refractivity contribution in [2.45, 2.75) is 41.0 Å². The first-order valence-electron chi connectivity index (χ1n) is 7.32. The zero-order valence-corrected chi connectivity index (χ0v) is 14.0. The predicted octanol–water partition coefficient (Wildman–Crippen LogP) is 4.04. The lowest BCUT2D eigenvalue weighted by Crippen LogP contribution is -2.99. The topological polar surface area (TPSA) is 51.2 Å². The first-order chi connectivity index (χ1) is 13.9. The van der Waals surface area contributed by atoms with Gasteiger partial charge in [-0.2, -0.15) is 13.2 Å². The second-order valence-electron chi connectivity index (χ2n) is 6.79. The number of carbonyl (C=O) groups is 3.